The van der Waals surface area contributed by atoms with E-state index in [0.717, 1.165) is 0 Å². The fraction of sp³-hybridized carbons (Fsp3) is 0.333. The number of nitrogens with zero attached hydrogens (tertiary/aromatic N) is 1. The molecular formula is C21H23NO6S. The minimum Gasteiger partial charge on any atom is -0.460 e. The molecule has 1 aliphatic heterocycles. The van der Waals surface area contributed by atoms with E-state index < -0.39 is 28.1 Å². The van der Waals surface area contributed by atoms with Gasteiger partial charge in [-0.25, -0.2) is 18.0 Å². The van der Waals surface area contributed by atoms with E-state index in [4.69, 9.17) is 9.47 Å². The molecule has 0 spiro atoms. The van der Waals surface area contributed by atoms with Crippen molar-refractivity contribution in [3.8, 4) is 0 Å². The molecule has 1 saturated heterocycles. The van der Waals surface area contributed by atoms with Gasteiger partial charge in [-0.2, -0.15) is 0 Å². The van der Waals surface area contributed by atoms with Crippen molar-refractivity contribution in [3.63, 3.8) is 0 Å². The summed E-state index contributed by atoms with van der Waals surface area (Å²) in [6, 6.07) is 13.1. The number of aryl methyl sites for hydroxylation is 1. The third kappa shape index (κ3) is 4.27. The number of hydrogen-bond acceptors (Lipinski definition) is 6. The van der Waals surface area contributed by atoms with Crippen molar-refractivity contribution in [2.75, 3.05) is 10.8 Å². The summed E-state index contributed by atoms with van der Waals surface area (Å²) in [5.74, 6) is -1.35. The summed E-state index contributed by atoms with van der Waals surface area (Å²) in [6.45, 7) is 5.35. The Hall–Kier alpha value is -2.87. The predicted molar refractivity (Wildman–Crippen MR) is 107 cm³/mol. The zero-order valence-corrected chi connectivity index (χ0v) is 17.3. The van der Waals surface area contributed by atoms with Gasteiger partial charge in [0.1, 0.15) is 6.10 Å². The van der Waals surface area contributed by atoms with Gasteiger partial charge in [0.25, 0.3) is 10.0 Å². The standard InChI is InChI=1S/C21H23NO6S/c1-4-22(17-8-6-5-7-9-17)29(25,26)19-13-16(11-10-14(19)2)20(23)28-18-12-15(3)27-21(18)24/h5-11,13,15,18H,4,12H2,1-3H3/t15-,18-/m0/s1. The maximum atomic E-state index is 13.3. The second kappa shape index (κ2) is 8.24. The summed E-state index contributed by atoms with van der Waals surface area (Å²) >= 11 is 0. The van der Waals surface area contributed by atoms with Crippen LogP contribution in [0.25, 0.3) is 0 Å². The smallest absolute Gasteiger partial charge is 0.347 e. The number of carbonyl (C=O) groups excluding carboxylic acids is 2. The lowest BCUT2D eigenvalue weighted by Crippen LogP contribution is -2.31. The van der Waals surface area contributed by atoms with Crippen LogP contribution in [-0.2, 0) is 24.3 Å². The predicted octanol–water partition coefficient (Wildman–Crippen LogP) is 3.07. The molecule has 0 saturated carbocycles. The molecule has 0 bridgehead atoms. The highest BCUT2D eigenvalue weighted by molar-refractivity contribution is 7.92. The van der Waals surface area contributed by atoms with E-state index in [0.29, 0.717) is 11.3 Å². The molecule has 0 radical (unpaired) electrons. The summed E-state index contributed by atoms with van der Waals surface area (Å²) in [5, 5.41) is 0. The Morgan fingerprint density at radius 2 is 1.90 bits per heavy atom. The summed E-state index contributed by atoms with van der Waals surface area (Å²) < 4.78 is 38.1. The first-order valence-electron chi connectivity index (χ1n) is 9.34. The van der Waals surface area contributed by atoms with Crippen LogP contribution in [0.5, 0.6) is 0 Å². The summed E-state index contributed by atoms with van der Waals surface area (Å²) in [7, 11) is -3.90. The molecule has 29 heavy (non-hydrogen) atoms. The molecule has 2 aromatic rings. The average Bonchev–Trinajstić information content (AvgIpc) is 3.00. The molecule has 154 valence electrons. The van der Waals surface area contributed by atoms with Gasteiger partial charge in [0.05, 0.1) is 16.1 Å². The monoisotopic (exact) mass is 417 g/mol. The molecule has 8 heteroatoms. The van der Waals surface area contributed by atoms with Gasteiger partial charge < -0.3 is 9.47 Å². The van der Waals surface area contributed by atoms with Crippen LogP contribution in [0.3, 0.4) is 0 Å². The third-order valence-corrected chi connectivity index (χ3v) is 6.74. The molecule has 2 aromatic carbocycles. The quantitative estimate of drug-likeness (QED) is 0.671. The number of anilines is 1. The Kier molecular flexibility index (Phi) is 5.93. The zero-order chi connectivity index (χ0) is 21.2. The molecule has 0 N–H and O–H groups in total. The second-order valence-corrected chi connectivity index (χ2v) is 8.69. The Bertz CT molecular complexity index is 1020. The molecule has 0 unspecified atom stereocenters. The van der Waals surface area contributed by atoms with Crippen molar-refractivity contribution >= 4 is 27.6 Å². The van der Waals surface area contributed by atoms with Crippen molar-refractivity contribution < 1.29 is 27.5 Å². The van der Waals surface area contributed by atoms with Crippen LogP contribution in [0.15, 0.2) is 53.4 Å². The number of esters is 2. The molecule has 0 aromatic heterocycles. The van der Waals surface area contributed by atoms with Crippen LogP contribution in [-0.4, -0.2) is 39.1 Å². The molecule has 0 amide bonds. The van der Waals surface area contributed by atoms with Gasteiger partial charge in [0.15, 0.2) is 0 Å². The van der Waals surface area contributed by atoms with Crippen LogP contribution in [0.1, 0.15) is 36.2 Å². The number of sulfonamides is 1. The normalized spacial score (nSPS) is 18.9. The summed E-state index contributed by atoms with van der Waals surface area (Å²) in [6.07, 6.45) is -1.02. The van der Waals surface area contributed by atoms with E-state index >= 15 is 0 Å². The number of rotatable bonds is 6. The largest absolute Gasteiger partial charge is 0.460 e. The van der Waals surface area contributed by atoms with E-state index in [1.807, 2.05) is 0 Å². The first-order valence-corrected chi connectivity index (χ1v) is 10.8. The Balaban J connectivity index is 1.92. The number of ether oxygens (including phenoxy) is 2. The summed E-state index contributed by atoms with van der Waals surface area (Å²) in [4.78, 5) is 24.2. The van der Waals surface area contributed by atoms with Gasteiger partial charge >= 0.3 is 11.9 Å². The van der Waals surface area contributed by atoms with Gasteiger partial charge in [0, 0.05) is 13.0 Å². The first kappa shape index (κ1) is 20.9. The SMILES string of the molecule is CCN(c1ccccc1)S(=O)(=O)c1cc(C(=O)O[C@H]2C[C@H](C)OC2=O)ccc1C. The number of para-hydroxylation sites is 1. The van der Waals surface area contributed by atoms with Crippen LogP contribution in [0.4, 0.5) is 5.69 Å². The van der Waals surface area contributed by atoms with Crippen LogP contribution >= 0.6 is 0 Å². The van der Waals surface area contributed by atoms with Gasteiger partial charge in [0.2, 0.25) is 6.10 Å². The van der Waals surface area contributed by atoms with Crippen molar-refractivity contribution in [3.05, 3.63) is 59.7 Å². The van der Waals surface area contributed by atoms with E-state index in [1.54, 1.807) is 57.2 Å². The number of hydrogen-bond donors (Lipinski definition) is 0. The minimum absolute atomic E-state index is 0.0139. The number of benzene rings is 2. The van der Waals surface area contributed by atoms with Crippen LogP contribution < -0.4 is 4.31 Å². The molecule has 7 nitrogen and oxygen atoms in total. The minimum atomic E-state index is -3.90. The van der Waals surface area contributed by atoms with E-state index in [1.165, 1.54) is 16.4 Å². The maximum Gasteiger partial charge on any atom is 0.347 e. The molecule has 1 aliphatic rings. The van der Waals surface area contributed by atoms with Gasteiger partial charge in [-0.15, -0.1) is 0 Å². The fourth-order valence-corrected chi connectivity index (χ4v) is 4.95. The van der Waals surface area contributed by atoms with E-state index in [2.05, 4.69) is 0 Å². The summed E-state index contributed by atoms with van der Waals surface area (Å²) in [5.41, 5.74) is 1.10. The lowest BCUT2D eigenvalue weighted by molar-refractivity contribution is -0.147. The zero-order valence-electron chi connectivity index (χ0n) is 16.5. The van der Waals surface area contributed by atoms with Crippen LogP contribution in [0, 0.1) is 6.92 Å². The van der Waals surface area contributed by atoms with E-state index in [9.17, 15) is 18.0 Å². The number of cyclic esters (lactones) is 1. The third-order valence-electron chi connectivity index (χ3n) is 4.70. The molecular weight excluding hydrogens is 394 g/mol. The lowest BCUT2D eigenvalue weighted by Gasteiger charge is -2.24. The maximum absolute atomic E-state index is 13.3. The fourth-order valence-electron chi connectivity index (χ4n) is 3.22. The van der Waals surface area contributed by atoms with Crippen molar-refractivity contribution in [2.45, 2.75) is 44.3 Å². The van der Waals surface area contributed by atoms with Gasteiger partial charge in [-0.05, 0) is 50.6 Å². The molecule has 2 atom stereocenters. The molecule has 3 rings (SSSR count). The highest BCUT2D eigenvalue weighted by Crippen LogP contribution is 2.27. The highest BCUT2D eigenvalue weighted by atomic mass is 32.2. The van der Waals surface area contributed by atoms with Crippen molar-refractivity contribution in [2.24, 2.45) is 0 Å². The lowest BCUT2D eigenvalue weighted by atomic mass is 10.1. The van der Waals surface area contributed by atoms with Crippen LogP contribution in [0.2, 0.25) is 0 Å². The Labute approximate surface area is 170 Å². The van der Waals surface area contributed by atoms with Gasteiger partial charge in [-0.1, -0.05) is 24.3 Å². The molecule has 1 heterocycles. The van der Waals surface area contributed by atoms with Crippen molar-refractivity contribution in [1.82, 2.24) is 0 Å². The average molecular weight is 417 g/mol. The second-order valence-electron chi connectivity index (χ2n) is 6.86. The Morgan fingerprint density at radius 3 is 2.48 bits per heavy atom. The first-order chi connectivity index (χ1) is 13.7. The molecule has 1 fully saturated rings. The molecule has 0 aliphatic carbocycles. The topological polar surface area (TPSA) is 90.0 Å². The van der Waals surface area contributed by atoms with Crippen molar-refractivity contribution in [1.29, 1.82) is 0 Å². The van der Waals surface area contributed by atoms with E-state index in [-0.39, 0.29) is 29.5 Å². The number of carbonyl (C=O) groups is 2. The van der Waals surface area contributed by atoms with Gasteiger partial charge in [-0.3, -0.25) is 4.31 Å². The Morgan fingerprint density at radius 1 is 1.21 bits per heavy atom. The highest BCUT2D eigenvalue weighted by Gasteiger charge is 2.35.